The van der Waals surface area contributed by atoms with E-state index >= 15 is 0 Å². The first kappa shape index (κ1) is 19.0. The summed E-state index contributed by atoms with van der Waals surface area (Å²) in [5.74, 6) is 0.757. The molecule has 0 N–H and O–H groups in total. The van der Waals surface area contributed by atoms with E-state index in [2.05, 4.69) is 6.07 Å². The van der Waals surface area contributed by atoms with E-state index in [0.29, 0.717) is 5.56 Å². The second-order valence-electron chi connectivity index (χ2n) is 6.65. The molecule has 1 unspecified atom stereocenters. The third-order valence-corrected chi connectivity index (χ3v) is 6.25. The van der Waals surface area contributed by atoms with Gasteiger partial charge in [-0.15, -0.1) is 0 Å². The largest absolute Gasteiger partial charge is 0.497 e. The van der Waals surface area contributed by atoms with Crippen molar-refractivity contribution < 1.29 is 8.95 Å². The Hall–Kier alpha value is -2.78. The molecule has 0 aliphatic heterocycles. The van der Waals surface area contributed by atoms with Gasteiger partial charge in [-0.1, -0.05) is 12.1 Å². The highest BCUT2D eigenvalue weighted by Gasteiger charge is 2.18. The van der Waals surface area contributed by atoms with E-state index in [0.717, 1.165) is 33.6 Å². The van der Waals surface area contributed by atoms with E-state index in [1.165, 1.54) is 0 Å². The van der Waals surface area contributed by atoms with E-state index in [1.54, 1.807) is 11.4 Å². The molecule has 0 bridgehead atoms. The molecule has 0 amide bonds. The van der Waals surface area contributed by atoms with Crippen molar-refractivity contribution in [2.24, 2.45) is 7.05 Å². The highest BCUT2D eigenvalue weighted by Crippen LogP contribution is 2.35. The molecule has 140 valence electrons. The average molecular weight is 382 g/mol. The van der Waals surface area contributed by atoms with E-state index in [4.69, 9.17) is 4.74 Å². The minimum absolute atomic E-state index is 0.0491. The summed E-state index contributed by atoms with van der Waals surface area (Å²) >= 11 is 0. The number of nitrogens with zero attached hydrogens (tertiary/aromatic N) is 3. The number of hydrogen-bond donors (Lipinski definition) is 0. The Kier molecular flexibility index (Phi) is 5.24. The van der Waals surface area contributed by atoms with Gasteiger partial charge in [0.15, 0.2) is 0 Å². The molecule has 1 atom stereocenters. The molecule has 0 radical (unpaired) electrons. The van der Waals surface area contributed by atoms with Gasteiger partial charge in [0.2, 0.25) is 0 Å². The van der Waals surface area contributed by atoms with Crippen LogP contribution in [0.15, 0.2) is 42.5 Å². The zero-order chi connectivity index (χ0) is 19.7. The zero-order valence-electron chi connectivity index (χ0n) is 16.2. The molecule has 5 nitrogen and oxygen atoms in total. The van der Waals surface area contributed by atoms with Crippen LogP contribution in [-0.2, 0) is 18.0 Å². The lowest BCUT2D eigenvalue weighted by Crippen LogP contribution is -2.26. The van der Waals surface area contributed by atoms with Crippen LogP contribution in [-0.4, -0.2) is 28.2 Å². The van der Waals surface area contributed by atoms with Crippen LogP contribution < -0.4 is 9.04 Å². The topological polar surface area (TPSA) is 58.3 Å². The third kappa shape index (κ3) is 3.31. The van der Waals surface area contributed by atoms with E-state index in [-0.39, 0.29) is 5.25 Å². The van der Waals surface area contributed by atoms with Gasteiger partial charge in [0.05, 0.1) is 23.9 Å². The number of fused-ring (bicyclic) bond motifs is 1. The van der Waals surface area contributed by atoms with Crippen LogP contribution in [0.4, 0.5) is 5.69 Å². The number of hydrogen-bond acceptors (Lipinski definition) is 3. The number of aromatic nitrogens is 1. The Balaban J connectivity index is 2.09. The Morgan fingerprint density at radius 1 is 1.19 bits per heavy atom. The van der Waals surface area contributed by atoms with Crippen LogP contribution >= 0.6 is 0 Å². The summed E-state index contributed by atoms with van der Waals surface area (Å²) in [6, 6.07) is 15.9. The summed E-state index contributed by atoms with van der Waals surface area (Å²) in [5, 5.41) is 10.7. The second-order valence-corrected chi connectivity index (χ2v) is 8.69. The molecule has 3 aromatic rings. The molecule has 3 rings (SSSR count). The fraction of sp³-hybridized carbons (Fsp3) is 0.286. The van der Waals surface area contributed by atoms with Crippen molar-refractivity contribution in [1.29, 1.82) is 5.26 Å². The highest BCUT2D eigenvalue weighted by molar-refractivity contribution is 7.87. The molecule has 27 heavy (non-hydrogen) atoms. The first-order valence-corrected chi connectivity index (χ1v) is 9.87. The van der Waals surface area contributed by atoms with E-state index < -0.39 is 11.0 Å². The average Bonchev–Trinajstić information content (AvgIpc) is 2.97. The zero-order valence-corrected chi connectivity index (χ0v) is 17.0. The molecule has 1 heterocycles. The van der Waals surface area contributed by atoms with Crippen molar-refractivity contribution in [3.63, 3.8) is 0 Å². The normalized spacial score (nSPS) is 12.2. The maximum atomic E-state index is 12.3. The number of rotatable bonds is 5. The monoisotopic (exact) mass is 381 g/mol. The van der Waals surface area contributed by atoms with Gasteiger partial charge in [0.25, 0.3) is 0 Å². The number of nitriles is 1. The first-order valence-electron chi connectivity index (χ1n) is 8.70. The quantitative estimate of drug-likeness (QED) is 0.664. The van der Waals surface area contributed by atoms with Crippen LogP contribution in [0.25, 0.3) is 22.2 Å². The standard InChI is InChI=1S/C21H23N3O2S/c1-14(2)27(25)24(4)16-8-6-15(7-9-16)21-19(13-22)18-11-10-17(26-5)12-20(18)23(21)3/h6-12,14H,1-5H3. The van der Waals surface area contributed by atoms with Crippen LogP contribution in [0.3, 0.4) is 0 Å². The predicted molar refractivity (Wildman–Crippen MR) is 111 cm³/mol. The lowest BCUT2D eigenvalue weighted by molar-refractivity contribution is 0.415. The molecule has 0 fully saturated rings. The smallest absolute Gasteiger partial charge is 0.122 e. The van der Waals surface area contributed by atoms with Crippen molar-refractivity contribution in [3.8, 4) is 23.1 Å². The molecular formula is C21H23N3O2S. The van der Waals surface area contributed by atoms with Crippen LogP contribution in [0.2, 0.25) is 0 Å². The van der Waals surface area contributed by atoms with Gasteiger partial charge in [-0.25, -0.2) is 4.21 Å². The maximum absolute atomic E-state index is 12.3. The molecule has 0 aliphatic carbocycles. The van der Waals surface area contributed by atoms with Crippen molar-refractivity contribution >= 4 is 27.6 Å². The summed E-state index contributed by atoms with van der Waals surface area (Å²) < 4.78 is 21.4. The van der Waals surface area contributed by atoms with Crippen molar-refractivity contribution in [3.05, 3.63) is 48.0 Å². The molecule has 1 aromatic heterocycles. The van der Waals surface area contributed by atoms with Gasteiger partial charge >= 0.3 is 0 Å². The molecule has 0 saturated carbocycles. The molecule has 0 spiro atoms. The van der Waals surface area contributed by atoms with Gasteiger partial charge in [-0.2, -0.15) is 5.26 Å². The summed E-state index contributed by atoms with van der Waals surface area (Å²) in [6.45, 7) is 3.87. The van der Waals surface area contributed by atoms with Crippen molar-refractivity contribution in [2.45, 2.75) is 19.1 Å². The Bertz CT molecular complexity index is 1050. The summed E-state index contributed by atoms with van der Waals surface area (Å²) in [7, 11) is 4.33. The van der Waals surface area contributed by atoms with Gasteiger partial charge in [0, 0.05) is 36.5 Å². The number of benzene rings is 2. The number of methoxy groups -OCH3 is 1. The van der Waals surface area contributed by atoms with Gasteiger partial charge in [-0.3, -0.25) is 4.31 Å². The lowest BCUT2D eigenvalue weighted by atomic mass is 10.1. The highest BCUT2D eigenvalue weighted by atomic mass is 32.2. The molecule has 6 heteroatoms. The van der Waals surface area contributed by atoms with Crippen LogP contribution in [0.1, 0.15) is 19.4 Å². The van der Waals surface area contributed by atoms with Crippen LogP contribution in [0, 0.1) is 11.3 Å². The molecule has 2 aromatic carbocycles. The van der Waals surface area contributed by atoms with Crippen LogP contribution in [0.5, 0.6) is 5.75 Å². The van der Waals surface area contributed by atoms with Gasteiger partial charge in [-0.05, 0) is 43.7 Å². The summed E-state index contributed by atoms with van der Waals surface area (Å²) in [4.78, 5) is 0. The second kappa shape index (κ2) is 7.45. The molecule has 0 saturated heterocycles. The van der Waals surface area contributed by atoms with E-state index in [9.17, 15) is 9.47 Å². The minimum atomic E-state index is -1.08. The Morgan fingerprint density at radius 2 is 1.85 bits per heavy atom. The van der Waals surface area contributed by atoms with Crippen molar-refractivity contribution in [1.82, 2.24) is 4.57 Å². The summed E-state index contributed by atoms with van der Waals surface area (Å²) in [6.07, 6.45) is 0. The summed E-state index contributed by atoms with van der Waals surface area (Å²) in [5.41, 5.74) is 4.27. The van der Waals surface area contributed by atoms with E-state index in [1.807, 2.05) is 75.0 Å². The number of ether oxygens (including phenoxy) is 1. The van der Waals surface area contributed by atoms with Gasteiger partial charge in [0.1, 0.15) is 22.8 Å². The number of aryl methyl sites for hydroxylation is 1. The fourth-order valence-electron chi connectivity index (χ4n) is 3.24. The predicted octanol–water partition coefficient (Wildman–Crippen LogP) is 4.23. The minimum Gasteiger partial charge on any atom is -0.497 e. The Labute approximate surface area is 162 Å². The fourth-order valence-corrected chi connectivity index (χ4v) is 4.21. The SMILES string of the molecule is COc1ccc2c(C#N)c(-c3ccc(N(C)S(=O)C(C)C)cc3)n(C)c2c1. The Morgan fingerprint density at radius 3 is 2.41 bits per heavy atom. The maximum Gasteiger partial charge on any atom is 0.122 e. The molecule has 0 aliphatic rings. The number of anilines is 1. The first-order chi connectivity index (χ1) is 12.9. The lowest BCUT2D eigenvalue weighted by Gasteiger charge is -2.20. The van der Waals surface area contributed by atoms with Crippen molar-refractivity contribution in [2.75, 3.05) is 18.5 Å². The van der Waals surface area contributed by atoms with Gasteiger partial charge < -0.3 is 9.30 Å². The molecular weight excluding hydrogens is 358 g/mol. The third-order valence-electron chi connectivity index (χ3n) is 4.70.